The lowest BCUT2D eigenvalue weighted by Crippen LogP contribution is -2.68. The van der Waals surface area contributed by atoms with Gasteiger partial charge in [-0.3, -0.25) is 9.80 Å². The minimum Gasteiger partial charge on any atom is -0.465 e. The molecule has 0 bridgehead atoms. The molecule has 8 rings (SSSR count). The second-order valence-electron chi connectivity index (χ2n) is 11.1. The summed E-state index contributed by atoms with van der Waals surface area (Å²) in [4.78, 5) is 17.6. The lowest BCUT2D eigenvalue weighted by atomic mass is 10.1. The highest BCUT2D eigenvalue weighted by Gasteiger charge is 2.37. The van der Waals surface area contributed by atoms with Crippen molar-refractivity contribution in [2.75, 3.05) is 56.3 Å². The van der Waals surface area contributed by atoms with Crippen LogP contribution < -0.4 is 55.9 Å². The summed E-state index contributed by atoms with van der Waals surface area (Å²) in [5, 5.41) is 0. The van der Waals surface area contributed by atoms with Crippen LogP contribution in [0.4, 0.5) is 11.9 Å². The van der Waals surface area contributed by atoms with Crippen molar-refractivity contribution < 1.29 is 80.8 Å². The van der Waals surface area contributed by atoms with Crippen molar-refractivity contribution in [1.82, 2.24) is 8.80 Å². The highest BCUT2D eigenvalue weighted by molar-refractivity contribution is 6.05. The molecule has 49 heavy (non-hydrogen) atoms. The number of hydrogen-bond acceptors (Lipinski definition) is 13. The maximum Gasteiger partial charge on any atom is 0.370 e. The summed E-state index contributed by atoms with van der Waals surface area (Å²) in [6, 6.07) is 18.7. The van der Waals surface area contributed by atoms with E-state index in [1.54, 1.807) is 0 Å². The number of aromatic nitrogens is 4. The predicted octanol–water partition coefficient (Wildman–Crippen LogP) is -6.47. The number of rotatable bonds is 3. The monoisotopic (exact) mass is 720 g/mol. The number of imidazole rings is 2. The molecule has 2 aliphatic rings. The summed E-state index contributed by atoms with van der Waals surface area (Å²) in [6.07, 6.45) is 6.64. The number of halogens is 2. The molecule has 0 atom stereocenters. The molecule has 0 radical (unpaired) electrons. The van der Waals surface area contributed by atoms with E-state index in [0.717, 1.165) is 71.2 Å². The van der Waals surface area contributed by atoms with Gasteiger partial charge in [-0.1, -0.05) is 12.1 Å². The van der Waals surface area contributed by atoms with Gasteiger partial charge in [0.15, 0.2) is 22.1 Å². The number of nitrogens with zero attached hydrogens (tertiary/aromatic N) is 6. The highest BCUT2D eigenvalue weighted by Crippen LogP contribution is 2.35. The third kappa shape index (κ3) is 7.14. The van der Waals surface area contributed by atoms with Crippen molar-refractivity contribution >= 4 is 51.0 Å². The van der Waals surface area contributed by atoms with Crippen LogP contribution in [0.3, 0.4) is 0 Å². The quantitative estimate of drug-likeness (QED) is 0.122. The van der Waals surface area contributed by atoms with Crippen LogP contribution >= 0.6 is 0 Å². The third-order valence-electron chi connectivity index (χ3n) is 8.27. The smallest absolute Gasteiger partial charge is 0.370 e. The van der Waals surface area contributed by atoms with Crippen LogP contribution in [-0.2, 0) is 9.47 Å². The van der Waals surface area contributed by atoms with Gasteiger partial charge >= 0.3 is 17.9 Å². The van der Waals surface area contributed by atoms with Crippen LogP contribution in [0.15, 0.2) is 67.0 Å². The van der Waals surface area contributed by atoms with E-state index >= 15 is 0 Å². The zero-order chi connectivity index (χ0) is 35.1. The summed E-state index contributed by atoms with van der Waals surface area (Å²) in [5.41, 5.74) is 7.09. The zero-order valence-electron chi connectivity index (χ0n) is 25.9. The molecule has 2 saturated heterocycles. The minimum atomic E-state index is -4.94. The van der Waals surface area contributed by atoms with Crippen LogP contribution in [0.2, 0.25) is 0 Å². The maximum atomic E-state index is 12.7. The topological polar surface area (TPSA) is 244 Å². The van der Waals surface area contributed by atoms with Crippen molar-refractivity contribution in [2.45, 2.75) is 12.8 Å². The van der Waals surface area contributed by atoms with E-state index in [9.17, 15) is 4.79 Å². The fraction of sp³-hybridized carbons (Fsp3) is 0.300. The first-order chi connectivity index (χ1) is 23.3. The molecular weight excluding hydrogens is 691 g/mol. The Bertz CT molecular complexity index is 2130. The molecule has 0 spiro atoms. The average molecular weight is 722 g/mol. The Morgan fingerprint density at radius 1 is 0.694 bits per heavy atom. The van der Waals surface area contributed by atoms with E-state index in [2.05, 4.69) is 82.3 Å². The number of morpholine rings is 1. The first kappa shape index (κ1) is 34.7. The molecule has 0 amide bonds. The molecule has 19 heteroatoms. The van der Waals surface area contributed by atoms with Crippen LogP contribution in [-0.4, -0.2) is 61.3 Å². The number of ether oxygens (including phenoxy) is 2. The Labute approximate surface area is 281 Å². The zero-order valence-corrected chi connectivity index (χ0v) is 27.4. The van der Waals surface area contributed by atoms with Crippen molar-refractivity contribution in [2.24, 2.45) is 0 Å². The van der Waals surface area contributed by atoms with E-state index in [-0.39, 0.29) is 5.97 Å². The second-order valence-corrected chi connectivity index (χ2v) is 12.6. The number of methoxy groups -OCH3 is 1. The lowest BCUT2D eigenvalue weighted by Gasteiger charge is -2.22. The molecule has 0 N–H and O–H groups in total. The molecule has 0 aliphatic carbocycles. The van der Waals surface area contributed by atoms with Gasteiger partial charge in [-0.2, -0.15) is 8.80 Å². The second kappa shape index (κ2) is 13.7. The number of hydrogen-bond donors (Lipinski definition) is 0. The molecule has 2 aliphatic heterocycles. The first-order valence-corrected chi connectivity index (χ1v) is 17.4. The molecule has 7 heterocycles. The van der Waals surface area contributed by atoms with Gasteiger partial charge in [-0.15, -0.1) is 20.5 Å². The van der Waals surface area contributed by atoms with Crippen LogP contribution in [0.1, 0.15) is 23.2 Å². The predicted molar refractivity (Wildman–Crippen MR) is 148 cm³/mol. The summed E-state index contributed by atoms with van der Waals surface area (Å²) in [6.45, 7) is 5.01. The van der Waals surface area contributed by atoms with Crippen LogP contribution in [0.5, 0.6) is 0 Å². The Hall–Kier alpha value is -4.11. The van der Waals surface area contributed by atoms with Gasteiger partial charge < -0.3 is 9.47 Å². The Morgan fingerprint density at radius 3 is 1.65 bits per heavy atom. The van der Waals surface area contributed by atoms with E-state index in [1.807, 2.05) is 12.1 Å². The fourth-order valence-corrected chi connectivity index (χ4v) is 6.58. The van der Waals surface area contributed by atoms with Crippen molar-refractivity contribution in [3.8, 4) is 0 Å². The Balaban J connectivity index is 0.000000369. The van der Waals surface area contributed by atoms with E-state index in [4.69, 9.17) is 46.7 Å². The van der Waals surface area contributed by atoms with E-state index in [1.165, 1.54) is 20.0 Å². The number of carbonyl (C=O) groups excluding carboxylic acids is 1. The standard InChI is InChI=1S/C30H30N6O3.2ClHO4/c1-38-28(37)21-10-11-22-25(20-21)36-27(24-9-3-4-14-33(24)29(36)31-12-6-7-13-31)26-23-8-2-5-15-34(23)30(35(22)26)32-16-18-39-19-17-32;2*2-1(3,4)5/h2-5,8-11,14-15,20H,6-7,12-13,16-19H2,1H3;2*(H,2,3,4,5)/q+2;;/p-2. The summed E-state index contributed by atoms with van der Waals surface area (Å²) in [5.74, 6) is 1.88. The third-order valence-corrected chi connectivity index (χ3v) is 8.27. The number of benzene rings is 1. The van der Waals surface area contributed by atoms with Crippen LogP contribution in [0.25, 0.3) is 33.1 Å². The van der Waals surface area contributed by atoms with Gasteiger partial charge in [0.2, 0.25) is 0 Å². The van der Waals surface area contributed by atoms with Gasteiger partial charge in [0.05, 0.1) is 64.5 Å². The number of anilines is 2. The number of esters is 1. The van der Waals surface area contributed by atoms with Crippen molar-refractivity contribution in [3.63, 3.8) is 0 Å². The summed E-state index contributed by atoms with van der Waals surface area (Å²) >= 11 is 0. The van der Waals surface area contributed by atoms with Crippen LogP contribution in [0, 0.1) is 20.5 Å². The maximum absolute atomic E-state index is 12.7. The summed E-state index contributed by atoms with van der Waals surface area (Å²) in [7, 11) is -8.45. The molecule has 260 valence electrons. The molecule has 5 aromatic heterocycles. The molecular formula is C30H30Cl2N6O11. The SMILES string of the molecule is COC(=O)c1ccc2c(c1)n1c(N3CCCC3)[n+]3ccccc3c1c1c3cccc[n+]3c(N3CCOCC3)n21.[O-][Cl+3]([O-])([O-])[O-].[O-][Cl+3]([O-])([O-])[O-]. The van der Waals surface area contributed by atoms with E-state index in [0.29, 0.717) is 18.8 Å². The van der Waals surface area contributed by atoms with Gasteiger partial charge in [-0.05, 0) is 55.3 Å². The molecule has 6 aromatic rings. The Morgan fingerprint density at radius 2 is 1.16 bits per heavy atom. The number of pyridine rings is 2. The fourth-order valence-electron chi connectivity index (χ4n) is 6.58. The average Bonchev–Trinajstić information content (AvgIpc) is 3.78. The van der Waals surface area contributed by atoms with Crippen molar-refractivity contribution in [1.29, 1.82) is 0 Å². The number of fused-ring (bicyclic) bond motifs is 10. The molecule has 1 aromatic carbocycles. The highest BCUT2D eigenvalue weighted by atomic mass is 35.7. The Kier molecular flexibility index (Phi) is 9.68. The van der Waals surface area contributed by atoms with Gasteiger partial charge in [-0.25, -0.2) is 50.9 Å². The largest absolute Gasteiger partial charge is 0.465 e. The van der Waals surface area contributed by atoms with Gasteiger partial charge in [0, 0.05) is 0 Å². The molecule has 0 saturated carbocycles. The lowest BCUT2D eigenvalue weighted by molar-refractivity contribution is -2.00. The molecule has 2 fully saturated rings. The molecule has 17 nitrogen and oxygen atoms in total. The first-order valence-electron chi connectivity index (χ1n) is 14.9. The van der Waals surface area contributed by atoms with E-state index < -0.39 is 20.5 Å². The number of carbonyl (C=O) groups is 1. The van der Waals surface area contributed by atoms with Gasteiger partial charge in [0.1, 0.15) is 11.0 Å². The normalized spacial score (nSPS) is 15.5. The molecule has 0 unspecified atom stereocenters. The summed E-state index contributed by atoms with van der Waals surface area (Å²) < 4.78 is 88.2. The van der Waals surface area contributed by atoms with Gasteiger partial charge in [0.25, 0.3) is 0 Å². The minimum absolute atomic E-state index is 0.335. The van der Waals surface area contributed by atoms with Crippen molar-refractivity contribution in [3.05, 3.63) is 72.6 Å².